The van der Waals surface area contributed by atoms with Crippen molar-refractivity contribution in [1.82, 2.24) is 0 Å². The highest BCUT2D eigenvalue weighted by Crippen LogP contribution is 2.28. The summed E-state index contributed by atoms with van der Waals surface area (Å²) < 4.78 is 5.31. The predicted octanol–water partition coefficient (Wildman–Crippen LogP) is 4.99. The van der Waals surface area contributed by atoms with Gasteiger partial charge < -0.3 is 15.4 Å². The summed E-state index contributed by atoms with van der Waals surface area (Å²) in [6, 6.07) is 22.1. The number of methoxy groups -OCH3 is 1. The fraction of sp³-hybridized carbons (Fsp3) is 0.130. The van der Waals surface area contributed by atoms with Crippen LogP contribution >= 0.6 is 11.8 Å². The Morgan fingerprint density at radius 3 is 2.48 bits per heavy atom. The summed E-state index contributed by atoms with van der Waals surface area (Å²) in [5.74, 6) is 0.456. The second-order valence-corrected chi connectivity index (χ2v) is 7.37. The molecule has 0 heterocycles. The van der Waals surface area contributed by atoms with Crippen LogP contribution in [-0.4, -0.2) is 24.7 Å². The molecule has 2 amide bonds. The highest BCUT2D eigenvalue weighted by molar-refractivity contribution is 8.00. The molecule has 0 fully saturated rings. The van der Waals surface area contributed by atoms with Crippen LogP contribution in [0.2, 0.25) is 0 Å². The molecule has 0 bridgehead atoms. The van der Waals surface area contributed by atoms with Gasteiger partial charge in [0.1, 0.15) is 5.75 Å². The molecule has 3 rings (SSSR count). The molecule has 148 valence electrons. The maximum atomic E-state index is 12.7. The summed E-state index contributed by atoms with van der Waals surface area (Å²) in [4.78, 5) is 26.0. The van der Waals surface area contributed by atoms with Crippen molar-refractivity contribution in [1.29, 1.82) is 0 Å². The van der Waals surface area contributed by atoms with E-state index in [-0.39, 0.29) is 17.6 Å². The molecule has 2 N–H and O–H groups in total. The molecule has 0 aliphatic rings. The third kappa shape index (κ3) is 5.62. The Balaban J connectivity index is 1.66. The molecule has 0 atom stereocenters. The molecule has 5 nitrogen and oxygen atoms in total. The topological polar surface area (TPSA) is 67.4 Å². The highest BCUT2D eigenvalue weighted by Gasteiger charge is 2.14. The van der Waals surface area contributed by atoms with Crippen LogP contribution in [0, 0.1) is 6.92 Å². The predicted molar refractivity (Wildman–Crippen MR) is 118 cm³/mol. The molecule has 6 heteroatoms. The number of hydrogen-bond donors (Lipinski definition) is 2. The summed E-state index contributed by atoms with van der Waals surface area (Å²) in [7, 11) is 1.60. The van der Waals surface area contributed by atoms with Gasteiger partial charge in [0.2, 0.25) is 5.91 Å². The zero-order valence-electron chi connectivity index (χ0n) is 16.3. The Morgan fingerprint density at radius 1 is 0.931 bits per heavy atom. The molecular weight excluding hydrogens is 384 g/mol. The second-order valence-electron chi connectivity index (χ2n) is 6.36. The Labute approximate surface area is 174 Å². The number of benzene rings is 3. The van der Waals surface area contributed by atoms with Gasteiger partial charge in [0, 0.05) is 10.6 Å². The Kier molecular flexibility index (Phi) is 6.92. The molecule has 0 aliphatic heterocycles. The average Bonchev–Trinajstić information content (AvgIpc) is 2.73. The summed E-state index contributed by atoms with van der Waals surface area (Å²) in [5, 5.41) is 5.71. The van der Waals surface area contributed by atoms with Crippen LogP contribution in [0.25, 0.3) is 0 Å². The third-order valence-electron chi connectivity index (χ3n) is 4.15. The van der Waals surface area contributed by atoms with E-state index < -0.39 is 0 Å². The zero-order chi connectivity index (χ0) is 20.6. The van der Waals surface area contributed by atoms with Crippen LogP contribution in [0.15, 0.2) is 77.7 Å². The maximum absolute atomic E-state index is 12.7. The lowest BCUT2D eigenvalue weighted by atomic mass is 10.1. The summed E-state index contributed by atoms with van der Waals surface area (Å²) in [6.45, 7) is 1.96. The SMILES string of the molecule is COc1ccccc1SCC(=O)Nc1ccccc1C(=O)Nc1cccc(C)c1. The number of para-hydroxylation sites is 2. The molecule has 0 unspecified atom stereocenters. The average molecular weight is 407 g/mol. The van der Waals surface area contributed by atoms with Crippen LogP contribution < -0.4 is 15.4 Å². The highest BCUT2D eigenvalue weighted by atomic mass is 32.2. The van der Waals surface area contributed by atoms with Gasteiger partial charge in [-0.15, -0.1) is 11.8 Å². The second kappa shape index (κ2) is 9.80. The van der Waals surface area contributed by atoms with E-state index in [0.29, 0.717) is 16.9 Å². The smallest absolute Gasteiger partial charge is 0.257 e. The van der Waals surface area contributed by atoms with E-state index in [0.717, 1.165) is 16.2 Å². The number of rotatable bonds is 7. The summed E-state index contributed by atoms with van der Waals surface area (Å²) in [6.07, 6.45) is 0. The van der Waals surface area contributed by atoms with Crippen molar-refractivity contribution < 1.29 is 14.3 Å². The van der Waals surface area contributed by atoms with Crippen molar-refractivity contribution in [2.24, 2.45) is 0 Å². The number of aryl methyl sites for hydroxylation is 1. The largest absolute Gasteiger partial charge is 0.496 e. The lowest BCUT2D eigenvalue weighted by molar-refractivity contribution is -0.113. The van der Waals surface area contributed by atoms with Gasteiger partial charge in [0.05, 0.1) is 24.1 Å². The fourth-order valence-electron chi connectivity index (χ4n) is 2.78. The van der Waals surface area contributed by atoms with Crippen molar-refractivity contribution in [3.63, 3.8) is 0 Å². The number of anilines is 2. The lowest BCUT2D eigenvalue weighted by Gasteiger charge is -2.12. The van der Waals surface area contributed by atoms with Crippen molar-refractivity contribution in [3.8, 4) is 5.75 Å². The molecule has 0 saturated carbocycles. The Hall–Kier alpha value is -3.25. The standard InChI is InChI=1S/C23H22N2O3S/c1-16-8-7-9-17(14-16)24-23(27)18-10-3-4-11-19(18)25-22(26)15-29-21-13-6-5-12-20(21)28-2/h3-14H,15H2,1-2H3,(H,24,27)(H,25,26). The quantitative estimate of drug-likeness (QED) is 0.543. The van der Waals surface area contributed by atoms with Gasteiger partial charge in [0.25, 0.3) is 5.91 Å². The first-order chi connectivity index (χ1) is 14.1. The van der Waals surface area contributed by atoms with Crippen LogP contribution in [0.1, 0.15) is 15.9 Å². The van der Waals surface area contributed by atoms with Crippen LogP contribution in [0.4, 0.5) is 11.4 Å². The lowest BCUT2D eigenvalue weighted by Crippen LogP contribution is -2.19. The van der Waals surface area contributed by atoms with E-state index in [4.69, 9.17) is 4.74 Å². The Morgan fingerprint density at radius 2 is 1.69 bits per heavy atom. The van der Waals surface area contributed by atoms with Gasteiger partial charge in [-0.05, 0) is 48.9 Å². The van der Waals surface area contributed by atoms with Crippen molar-refractivity contribution in [2.45, 2.75) is 11.8 Å². The monoisotopic (exact) mass is 406 g/mol. The molecule has 3 aromatic rings. The number of thioether (sulfide) groups is 1. The maximum Gasteiger partial charge on any atom is 0.257 e. The molecule has 0 spiro atoms. The van der Waals surface area contributed by atoms with Crippen molar-refractivity contribution in [3.05, 3.63) is 83.9 Å². The van der Waals surface area contributed by atoms with Gasteiger partial charge in [-0.25, -0.2) is 0 Å². The van der Waals surface area contributed by atoms with Crippen LogP contribution in [-0.2, 0) is 4.79 Å². The number of nitrogens with one attached hydrogen (secondary N) is 2. The first kappa shape index (κ1) is 20.5. The molecule has 0 aromatic heterocycles. The zero-order valence-corrected chi connectivity index (χ0v) is 17.1. The van der Waals surface area contributed by atoms with Gasteiger partial charge in [0.15, 0.2) is 0 Å². The summed E-state index contributed by atoms with van der Waals surface area (Å²) in [5.41, 5.74) is 2.65. The van der Waals surface area contributed by atoms with E-state index in [9.17, 15) is 9.59 Å². The first-order valence-electron chi connectivity index (χ1n) is 9.09. The minimum atomic E-state index is -0.274. The molecule has 0 aliphatic carbocycles. The fourth-order valence-corrected chi connectivity index (χ4v) is 3.61. The van der Waals surface area contributed by atoms with E-state index in [1.54, 1.807) is 31.4 Å². The van der Waals surface area contributed by atoms with E-state index >= 15 is 0 Å². The van der Waals surface area contributed by atoms with Gasteiger partial charge in [-0.3, -0.25) is 9.59 Å². The minimum Gasteiger partial charge on any atom is -0.496 e. The minimum absolute atomic E-state index is 0.197. The number of carbonyl (C=O) groups excluding carboxylic acids is 2. The van der Waals surface area contributed by atoms with Gasteiger partial charge >= 0.3 is 0 Å². The molecule has 29 heavy (non-hydrogen) atoms. The molecule has 0 radical (unpaired) electrons. The normalized spacial score (nSPS) is 10.3. The van der Waals surface area contributed by atoms with E-state index in [1.165, 1.54) is 11.8 Å². The number of carbonyl (C=O) groups is 2. The Bertz CT molecular complexity index is 1020. The number of hydrogen-bond acceptors (Lipinski definition) is 4. The van der Waals surface area contributed by atoms with E-state index in [1.807, 2.05) is 55.5 Å². The molecule has 0 saturated heterocycles. The van der Waals surface area contributed by atoms with Crippen molar-refractivity contribution in [2.75, 3.05) is 23.5 Å². The molecular formula is C23H22N2O3S. The van der Waals surface area contributed by atoms with Crippen molar-refractivity contribution >= 4 is 35.0 Å². The van der Waals surface area contributed by atoms with Crippen LogP contribution in [0.3, 0.4) is 0 Å². The van der Waals surface area contributed by atoms with Crippen LogP contribution in [0.5, 0.6) is 5.75 Å². The van der Waals surface area contributed by atoms with Gasteiger partial charge in [-0.1, -0.05) is 36.4 Å². The molecule has 3 aromatic carbocycles. The van der Waals surface area contributed by atoms with E-state index in [2.05, 4.69) is 10.6 Å². The first-order valence-corrected chi connectivity index (χ1v) is 10.1. The third-order valence-corrected chi connectivity index (χ3v) is 5.20. The summed E-state index contributed by atoms with van der Waals surface area (Å²) >= 11 is 1.38. The number of amides is 2. The van der Waals surface area contributed by atoms with Gasteiger partial charge in [-0.2, -0.15) is 0 Å². The number of ether oxygens (including phenoxy) is 1.